The van der Waals surface area contributed by atoms with Crippen molar-refractivity contribution in [2.24, 2.45) is 0 Å². The monoisotopic (exact) mass is 398 g/mol. The maximum atomic E-state index is 14.4. The molecule has 5 rings (SSSR count). The fourth-order valence-electron chi connectivity index (χ4n) is 3.42. The Kier molecular flexibility index (Phi) is 4.11. The van der Waals surface area contributed by atoms with Gasteiger partial charge < -0.3 is 9.51 Å². The lowest BCUT2D eigenvalue weighted by Crippen LogP contribution is -1.89. The van der Waals surface area contributed by atoms with E-state index in [9.17, 15) is 8.78 Å². The molecule has 5 nitrogen and oxygen atoms in total. The van der Waals surface area contributed by atoms with Gasteiger partial charge >= 0.3 is 0 Å². The van der Waals surface area contributed by atoms with Gasteiger partial charge in [-0.25, -0.2) is 18.6 Å². The molecule has 0 saturated carbocycles. The van der Waals surface area contributed by atoms with E-state index in [0.717, 1.165) is 22.6 Å². The second-order valence-corrected chi connectivity index (χ2v) is 6.65. The number of hydrogen-bond acceptors (Lipinski definition) is 3. The van der Waals surface area contributed by atoms with Gasteiger partial charge in [0.1, 0.15) is 5.65 Å². The van der Waals surface area contributed by atoms with E-state index in [1.165, 1.54) is 18.3 Å². The summed E-state index contributed by atoms with van der Waals surface area (Å²) in [6.45, 7) is 7.08. The Bertz CT molecular complexity index is 1430. The maximum Gasteiger partial charge on any atom is 0.187 e. The Morgan fingerprint density at radius 3 is 2.57 bits per heavy atom. The van der Waals surface area contributed by atoms with Crippen LogP contribution in [-0.2, 0) is 0 Å². The van der Waals surface area contributed by atoms with Gasteiger partial charge in [-0.1, -0.05) is 41.6 Å². The highest BCUT2D eigenvalue weighted by molar-refractivity contribution is 5.98. The SMILES string of the molecule is [C-]#[N+]c1ccc(-c2cnc3[nH]cc(-c4oncc4-c4cccc(F)c4F)c3c2)cc1. The molecule has 144 valence electrons. The largest absolute Gasteiger partial charge is 0.356 e. The molecule has 0 unspecified atom stereocenters. The van der Waals surface area contributed by atoms with Gasteiger partial charge in [0.2, 0.25) is 0 Å². The Morgan fingerprint density at radius 1 is 0.933 bits per heavy atom. The van der Waals surface area contributed by atoms with E-state index in [2.05, 4.69) is 20.0 Å². The summed E-state index contributed by atoms with van der Waals surface area (Å²) in [4.78, 5) is 10.9. The minimum atomic E-state index is -0.958. The molecule has 30 heavy (non-hydrogen) atoms. The molecule has 2 aromatic carbocycles. The van der Waals surface area contributed by atoms with Crippen LogP contribution < -0.4 is 0 Å². The molecule has 0 atom stereocenters. The molecule has 0 spiro atoms. The van der Waals surface area contributed by atoms with Gasteiger partial charge in [0, 0.05) is 34.5 Å². The van der Waals surface area contributed by atoms with Crippen LogP contribution in [0.5, 0.6) is 0 Å². The van der Waals surface area contributed by atoms with E-state index in [1.807, 2.05) is 18.2 Å². The van der Waals surface area contributed by atoms with Gasteiger partial charge in [0.25, 0.3) is 0 Å². The Labute approximate surface area is 169 Å². The van der Waals surface area contributed by atoms with E-state index >= 15 is 0 Å². The predicted molar refractivity (Wildman–Crippen MR) is 109 cm³/mol. The van der Waals surface area contributed by atoms with E-state index < -0.39 is 11.6 Å². The zero-order chi connectivity index (χ0) is 20.7. The summed E-state index contributed by atoms with van der Waals surface area (Å²) in [6.07, 6.45) is 4.79. The molecule has 7 heteroatoms. The number of H-pyrrole nitrogens is 1. The molecule has 0 saturated heterocycles. The molecule has 0 aliphatic heterocycles. The number of pyridine rings is 1. The van der Waals surface area contributed by atoms with Gasteiger partial charge in [0.15, 0.2) is 23.1 Å². The number of aromatic nitrogens is 3. The van der Waals surface area contributed by atoms with Gasteiger partial charge in [-0.3, -0.25) is 0 Å². The molecule has 0 aliphatic carbocycles. The number of benzene rings is 2. The average molecular weight is 398 g/mol. The Balaban J connectivity index is 1.65. The van der Waals surface area contributed by atoms with Crippen molar-refractivity contribution in [3.8, 4) is 33.6 Å². The van der Waals surface area contributed by atoms with Gasteiger partial charge in [-0.15, -0.1) is 0 Å². The van der Waals surface area contributed by atoms with Crippen molar-refractivity contribution in [1.29, 1.82) is 0 Å². The molecule has 0 bridgehead atoms. The van der Waals surface area contributed by atoms with Crippen LogP contribution in [0.15, 0.2) is 71.6 Å². The summed E-state index contributed by atoms with van der Waals surface area (Å²) in [5.41, 5.74) is 3.97. The summed E-state index contributed by atoms with van der Waals surface area (Å²) in [7, 11) is 0. The number of fused-ring (bicyclic) bond motifs is 1. The molecular formula is C23H12F2N4O. The van der Waals surface area contributed by atoms with Crippen LogP contribution in [-0.4, -0.2) is 15.1 Å². The first-order valence-corrected chi connectivity index (χ1v) is 9.00. The summed E-state index contributed by atoms with van der Waals surface area (Å²) in [5.74, 6) is -1.58. The number of nitrogens with zero attached hydrogens (tertiary/aromatic N) is 3. The van der Waals surface area contributed by atoms with Gasteiger partial charge in [-0.2, -0.15) is 0 Å². The maximum absolute atomic E-state index is 14.4. The van der Waals surface area contributed by atoms with Crippen molar-refractivity contribution in [3.05, 3.63) is 90.2 Å². The third-order valence-corrected chi connectivity index (χ3v) is 4.92. The summed E-state index contributed by atoms with van der Waals surface area (Å²) >= 11 is 0. The van der Waals surface area contributed by atoms with Crippen molar-refractivity contribution < 1.29 is 13.3 Å². The molecule has 0 aliphatic rings. The molecule has 0 radical (unpaired) electrons. The molecule has 3 aromatic heterocycles. The lowest BCUT2D eigenvalue weighted by molar-refractivity contribution is 0.432. The number of aromatic amines is 1. The minimum Gasteiger partial charge on any atom is -0.356 e. The Hall–Kier alpha value is -4.31. The highest BCUT2D eigenvalue weighted by atomic mass is 19.2. The van der Waals surface area contributed by atoms with Crippen LogP contribution in [0.3, 0.4) is 0 Å². The van der Waals surface area contributed by atoms with Crippen LogP contribution in [0, 0.1) is 18.2 Å². The van der Waals surface area contributed by atoms with Crippen LogP contribution in [0.2, 0.25) is 0 Å². The normalized spacial score (nSPS) is 11.0. The smallest absolute Gasteiger partial charge is 0.187 e. The third kappa shape index (κ3) is 2.83. The highest BCUT2D eigenvalue weighted by Gasteiger charge is 2.21. The summed E-state index contributed by atoms with van der Waals surface area (Å²) in [5, 5.41) is 4.55. The molecule has 1 N–H and O–H groups in total. The van der Waals surface area contributed by atoms with E-state index in [0.29, 0.717) is 28.2 Å². The number of hydrogen-bond donors (Lipinski definition) is 1. The number of halogens is 2. The fourth-order valence-corrected chi connectivity index (χ4v) is 3.42. The van der Waals surface area contributed by atoms with Crippen molar-refractivity contribution in [3.63, 3.8) is 0 Å². The number of nitrogens with one attached hydrogen (secondary N) is 1. The van der Waals surface area contributed by atoms with Crippen molar-refractivity contribution in [2.45, 2.75) is 0 Å². The third-order valence-electron chi connectivity index (χ3n) is 4.92. The van der Waals surface area contributed by atoms with Crippen LogP contribution in [0.4, 0.5) is 14.5 Å². The highest BCUT2D eigenvalue weighted by Crippen LogP contribution is 2.38. The second kappa shape index (κ2) is 6.94. The van der Waals surface area contributed by atoms with E-state index in [4.69, 9.17) is 11.1 Å². The Morgan fingerprint density at radius 2 is 1.77 bits per heavy atom. The van der Waals surface area contributed by atoms with Crippen LogP contribution in [0.25, 0.3) is 49.5 Å². The molecule has 0 fully saturated rings. The van der Waals surface area contributed by atoms with E-state index in [-0.39, 0.29) is 5.56 Å². The molecule has 3 heterocycles. The topological polar surface area (TPSA) is 59.1 Å². The van der Waals surface area contributed by atoms with Crippen molar-refractivity contribution >= 4 is 16.7 Å². The molecule has 5 aromatic rings. The molecular weight excluding hydrogens is 386 g/mol. The van der Waals surface area contributed by atoms with Crippen LogP contribution in [0.1, 0.15) is 0 Å². The first kappa shape index (κ1) is 17.8. The zero-order valence-corrected chi connectivity index (χ0v) is 15.4. The molecule has 0 amide bonds. The van der Waals surface area contributed by atoms with Gasteiger partial charge in [0.05, 0.1) is 18.3 Å². The standard InChI is InChI=1S/C23H12F2N4O/c1-26-15-7-5-13(6-8-15)14-9-17-18(11-28-23(17)27-10-14)22-19(12-29-30-22)16-3-2-4-20(24)21(16)25/h2-12H,(H,27,28). The summed E-state index contributed by atoms with van der Waals surface area (Å²) < 4.78 is 33.5. The van der Waals surface area contributed by atoms with Gasteiger partial charge in [-0.05, 0) is 17.7 Å². The first-order chi connectivity index (χ1) is 14.7. The lowest BCUT2D eigenvalue weighted by atomic mass is 10.0. The lowest BCUT2D eigenvalue weighted by Gasteiger charge is -2.05. The minimum absolute atomic E-state index is 0.0689. The summed E-state index contributed by atoms with van der Waals surface area (Å²) in [6, 6.07) is 13.1. The quantitative estimate of drug-likeness (QED) is 0.359. The predicted octanol–water partition coefficient (Wildman–Crippen LogP) is 6.38. The first-order valence-electron chi connectivity index (χ1n) is 9.00. The second-order valence-electron chi connectivity index (χ2n) is 6.65. The number of rotatable bonds is 3. The van der Waals surface area contributed by atoms with Crippen molar-refractivity contribution in [1.82, 2.24) is 15.1 Å². The zero-order valence-electron chi connectivity index (χ0n) is 15.4. The van der Waals surface area contributed by atoms with Crippen molar-refractivity contribution in [2.75, 3.05) is 0 Å². The average Bonchev–Trinajstić information content (AvgIpc) is 3.42. The fraction of sp³-hybridized carbons (Fsp3) is 0. The van der Waals surface area contributed by atoms with Crippen LogP contribution >= 0.6 is 0 Å². The van der Waals surface area contributed by atoms with E-state index in [1.54, 1.807) is 24.5 Å².